The molecule has 34 heavy (non-hydrogen) atoms. The van der Waals surface area contributed by atoms with Crippen molar-refractivity contribution in [1.29, 1.82) is 0 Å². The van der Waals surface area contributed by atoms with Crippen LogP contribution in [0.1, 0.15) is 35.4 Å². The first kappa shape index (κ1) is 22.2. The highest BCUT2D eigenvalue weighted by Gasteiger charge is 2.41. The van der Waals surface area contributed by atoms with Crippen molar-refractivity contribution >= 4 is 17.3 Å². The molecule has 0 aliphatic carbocycles. The van der Waals surface area contributed by atoms with Crippen LogP contribution in [0.15, 0.2) is 59.7 Å². The van der Waals surface area contributed by atoms with E-state index in [4.69, 9.17) is 40.4 Å². The lowest BCUT2D eigenvalue weighted by Crippen LogP contribution is -2.33. The van der Waals surface area contributed by atoms with Gasteiger partial charge in [0.1, 0.15) is 11.5 Å². The predicted octanol–water partition coefficient (Wildman–Crippen LogP) is 5.62. The molecular weight excluding hydrogens is 456 g/mol. The zero-order chi connectivity index (χ0) is 23.8. The molecule has 0 amide bonds. The molecule has 0 N–H and O–H groups in total. The largest absolute Gasteiger partial charge is 0.497 e. The molecule has 3 aromatic carbocycles. The number of benzene rings is 3. The third kappa shape index (κ3) is 3.76. The minimum atomic E-state index is -0.497. The number of nitrogens with zero attached hydrogens (tertiary/aromatic N) is 2. The normalized spacial score (nSPS) is 18.4. The van der Waals surface area contributed by atoms with Gasteiger partial charge in [-0.05, 0) is 60.2 Å². The highest BCUT2D eigenvalue weighted by Crippen LogP contribution is 2.50. The van der Waals surface area contributed by atoms with E-state index in [0.29, 0.717) is 28.7 Å². The SMILES string of the molecule is COc1ccc(C2=NN3C(C2)c2cc(Cl)ccc2OC3c2cc(OC)c(OC)c(OC)c2)cc1. The highest BCUT2D eigenvalue weighted by atomic mass is 35.5. The molecule has 0 radical (unpaired) electrons. The smallest absolute Gasteiger partial charge is 0.214 e. The first-order valence-corrected chi connectivity index (χ1v) is 11.2. The van der Waals surface area contributed by atoms with Crippen LogP contribution in [-0.4, -0.2) is 39.2 Å². The van der Waals surface area contributed by atoms with Gasteiger partial charge in [-0.25, -0.2) is 5.01 Å². The van der Waals surface area contributed by atoms with Crippen LogP contribution >= 0.6 is 11.6 Å². The molecule has 0 fully saturated rings. The summed E-state index contributed by atoms with van der Waals surface area (Å²) >= 11 is 6.35. The van der Waals surface area contributed by atoms with Crippen LogP contribution in [0.4, 0.5) is 0 Å². The van der Waals surface area contributed by atoms with Crippen molar-refractivity contribution in [2.75, 3.05) is 28.4 Å². The summed E-state index contributed by atoms with van der Waals surface area (Å²) in [4.78, 5) is 0. The van der Waals surface area contributed by atoms with Gasteiger partial charge in [-0.2, -0.15) is 5.10 Å². The van der Waals surface area contributed by atoms with Gasteiger partial charge in [0.25, 0.3) is 0 Å². The van der Waals surface area contributed by atoms with Gasteiger partial charge in [-0.15, -0.1) is 0 Å². The molecule has 8 heteroatoms. The second kappa shape index (κ2) is 8.99. The summed E-state index contributed by atoms with van der Waals surface area (Å²) in [5.74, 6) is 3.21. The maximum Gasteiger partial charge on any atom is 0.214 e. The maximum absolute atomic E-state index is 6.47. The number of rotatable bonds is 6. The minimum absolute atomic E-state index is 0.0383. The van der Waals surface area contributed by atoms with Crippen molar-refractivity contribution in [1.82, 2.24) is 5.01 Å². The van der Waals surface area contributed by atoms with Gasteiger partial charge < -0.3 is 23.7 Å². The van der Waals surface area contributed by atoms with Gasteiger partial charge in [0.15, 0.2) is 11.5 Å². The number of hydrogen-bond donors (Lipinski definition) is 0. The van der Waals surface area contributed by atoms with Crippen LogP contribution in [0, 0.1) is 0 Å². The van der Waals surface area contributed by atoms with E-state index < -0.39 is 6.23 Å². The van der Waals surface area contributed by atoms with E-state index in [9.17, 15) is 0 Å². The molecule has 0 saturated carbocycles. The summed E-state index contributed by atoms with van der Waals surface area (Å²) in [6.45, 7) is 0. The number of fused-ring (bicyclic) bond motifs is 3. The van der Waals surface area contributed by atoms with Crippen LogP contribution in [0.25, 0.3) is 0 Å². The molecule has 2 heterocycles. The van der Waals surface area contributed by atoms with Gasteiger partial charge in [0.05, 0.1) is 40.2 Å². The Morgan fingerprint density at radius 1 is 0.882 bits per heavy atom. The Balaban J connectivity index is 1.61. The van der Waals surface area contributed by atoms with Crippen molar-refractivity contribution < 1.29 is 23.7 Å². The molecule has 2 aliphatic rings. The van der Waals surface area contributed by atoms with Gasteiger partial charge in [-0.1, -0.05) is 11.6 Å². The fourth-order valence-electron chi connectivity index (χ4n) is 4.48. The summed E-state index contributed by atoms with van der Waals surface area (Å²) in [5, 5.41) is 7.65. The van der Waals surface area contributed by atoms with Gasteiger partial charge in [-0.3, -0.25) is 0 Å². The fraction of sp³-hybridized carbons (Fsp3) is 0.269. The van der Waals surface area contributed by atoms with E-state index in [0.717, 1.165) is 33.9 Å². The molecule has 0 spiro atoms. The van der Waals surface area contributed by atoms with Crippen LogP contribution in [0.2, 0.25) is 5.02 Å². The third-order valence-electron chi connectivity index (χ3n) is 6.15. The Bertz CT molecular complexity index is 1220. The Morgan fingerprint density at radius 2 is 1.59 bits per heavy atom. The van der Waals surface area contributed by atoms with E-state index in [-0.39, 0.29) is 6.04 Å². The molecule has 0 saturated heterocycles. The van der Waals surface area contributed by atoms with Crippen molar-refractivity contribution in [3.05, 3.63) is 76.3 Å². The van der Waals surface area contributed by atoms with Crippen molar-refractivity contribution in [3.8, 4) is 28.7 Å². The molecule has 3 aromatic rings. The molecule has 0 bridgehead atoms. The predicted molar refractivity (Wildman–Crippen MR) is 130 cm³/mol. The first-order chi connectivity index (χ1) is 16.6. The second-order valence-corrected chi connectivity index (χ2v) is 8.42. The molecule has 5 rings (SSSR count). The van der Waals surface area contributed by atoms with Gasteiger partial charge in [0, 0.05) is 22.6 Å². The van der Waals surface area contributed by atoms with Gasteiger partial charge in [0.2, 0.25) is 12.0 Å². The van der Waals surface area contributed by atoms with E-state index in [1.54, 1.807) is 28.4 Å². The Morgan fingerprint density at radius 3 is 2.21 bits per heavy atom. The van der Waals surface area contributed by atoms with Crippen LogP contribution in [0.5, 0.6) is 28.7 Å². The van der Waals surface area contributed by atoms with Crippen LogP contribution in [-0.2, 0) is 0 Å². The lowest BCUT2D eigenvalue weighted by Gasteiger charge is -2.38. The summed E-state index contributed by atoms with van der Waals surface area (Å²) in [6, 6.07) is 17.4. The van der Waals surface area contributed by atoms with Crippen LogP contribution in [0.3, 0.4) is 0 Å². The van der Waals surface area contributed by atoms with E-state index in [2.05, 4.69) is 0 Å². The molecule has 2 atom stereocenters. The summed E-state index contributed by atoms with van der Waals surface area (Å²) < 4.78 is 28.4. The molecule has 0 aromatic heterocycles. The molecular formula is C26H25ClN2O5. The topological polar surface area (TPSA) is 61.8 Å². The van der Waals surface area contributed by atoms with Gasteiger partial charge >= 0.3 is 0 Å². The van der Waals surface area contributed by atoms with Crippen molar-refractivity contribution in [3.63, 3.8) is 0 Å². The lowest BCUT2D eigenvalue weighted by atomic mass is 9.95. The lowest BCUT2D eigenvalue weighted by molar-refractivity contribution is -0.0192. The highest BCUT2D eigenvalue weighted by molar-refractivity contribution is 6.30. The summed E-state index contributed by atoms with van der Waals surface area (Å²) in [6.07, 6.45) is 0.215. The second-order valence-electron chi connectivity index (χ2n) is 7.99. The Hall–Kier alpha value is -3.58. The minimum Gasteiger partial charge on any atom is -0.497 e. The zero-order valence-corrected chi connectivity index (χ0v) is 20.1. The Labute approximate surface area is 203 Å². The summed E-state index contributed by atoms with van der Waals surface area (Å²) in [7, 11) is 6.43. The number of hydrogen-bond acceptors (Lipinski definition) is 7. The summed E-state index contributed by atoms with van der Waals surface area (Å²) in [5.41, 5.74) is 3.83. The van der Waals surface area contributed by atoms with E-state index in [1.165, 1.54) is 0 Å². The monoisotopic (exact) mass is 480 g/mol. The fourth-order valence-corrected chi connectivity index (χ4v) is 4.66. The number of halogens is 1. The average Bonchev–Trinajstić information content (AvgIpc) is 3.33. The number of methoxy groups -OCH3 is 4. The molecule has 176 valence electrons. The zero-order valence-electron chi connectivity index (χ0n) is 19.4. The van der Waals surface area contributed by atoms with Crippen LogP contribution < -0.4 is 23.7 Å². The number of ether oxygens (including phenoxy) is 5. The maximum atomic E-state index is 6.47. The van der Waals surface area contributed by atoms with E-state index in [1.807, 2.05) is 59.6 Å². The Kier molecular flexibility index (Phi) is 5.87. The standard InChI is InChI=1S/C26H25ClN2O5/c1-30-18-8-5-15(6-9-18)20-14-21-19-13-17(27)7-10-22(19)34-26(29(21)28-20)16-11-23(31-2)25(33-4)24(12-16)32-3/h5-13,21,26H,14H2,1-4H3. The molecule has 2 unspecified atom stereocenters. The number of hydrazone groups is 1. The first-order valence-electron chi connectivity index (χ1n) is 10.8. The van der Waals surface area contributed by atoms with E-state index >= 15 is 0 Å². The molecule has 2 aliphatic heterocycles. The average molecular weight is 481 g/mol. The third-order valence-corrected chi connectivity index (χ3v) is 6.38. The quantitative estimate of drug-likeness (QED) is 0.456. The van der Waals surface area contributed by atoms with Crippen molar-refractivity contribution in [2.45, 2.75) is 18.7 Å². The van der Waals surface area contributed by atoms with Crippen molar-refractivity contribution in [2.24, 2.45) is 5.10 Å². The molecule has 7 nitrogen and oxygen atoms in total.